The molecule has 0 amide bonds. The van der Waals surface area contributed by atoms with Gasteiger partial charge in [-0.15, -0.1) is 5.10 Å². The highest BCUT2D eigenvalue weighted by Gasteiger charge is 2.09. The van der Waals surface area contributed by atoms with Gasteiger partial charge in [0.25, 0.3) is 5.56 Å². The first-order valence-corrected chi connectivity index (χ1v) is 9.19. The summed E-state index contributed by atoms with van der Waals surface area (Å²) in [6.07, 6.45) is 0.0394. The standard InChI is InChI=1S/C22H19N3O4/c1-28-18-9-8-16-12-15(6-7-17(16)13-18)14-29-21(26)10-11-25-22(27)19-4-2-3-5-20(19)23-24-25/h2-9,12-13H,10-11,14H2,1H3. The van der Waals surface area contributed by atoms with Gasteiger partial charge < -0.3 is 9.47 Å². The highest BCUT2D eigenvalue weighted by molar-refractivity contribution is 5.84. The molecule has 0 saturated heterocycles. The monoisotopic (exact) mass is 389 g/mol. The largest absolute Gasteiger partial charge is 0.497 e. The molecule has 0 aliphatic carbocycles. The van der Waals surface area contributed by atoms with Crippen molar-refractivity contribution in [3.8, 4) is 5.75 Å². The number of hydrogen-bond donors (Lipinski definition) is 0. The number of benzene rings is 3. The Balaban J connectivity index is 1.37. The third-order valence-corrected chi connectivity index (χ3v) is 4.67. The molecule has 7 heteroatoms. The van der Waals surface area contributed by atoms with Crippen LogP contribution in [0.15, 0.2) is 65.5 Å². The molecule has 0 unspecified atom stereocenters. The van der Waals surface area contributed by atoms with Crippen molar-refractivity contribution in [3.05, 3.63) is 76.6 Å². The van der Waals surface area contributed by atoms with Gasteiger partial charge in [-0.25, -0.2) is 4.68 Å². The lowest BCUT2D eigenvalue weighted by molar-refractivity contribution is -0.145. The lowest BCUT2D eigenvalue weighted by atomic mass is 10.1. The van der Waals surface area contributed by atoms with Crippen molar-refractivity contribution >= 4 is 27.6 Å². The van der Waals surface area contributed by atoms with Crippen molar-refractivity contribution < 1.29 is 14.3 Å². The number of methoxy groups -OCH3 is 1. The van der Waals surface area contributed by atoms with Crippen LogP contribution in [-0.2, 0) is 22.7 Å². The molecule has 4 aromatic rings. The highest BCUT2D eigenvalue weighted by atomic mass is 16.5. The molecule has 3 aromatic carbocycles. The summed E-state index contributed by atoms with van der Waals surface area (Å²) >= 11 is 0. The number of ether oxygens (including phenoxy) is 2. The van der Waals surface area contributed by atoms with E-state index in [1.807, 2.05) is 36.4 Å². The normalized spacial score (nSPS) is 10.9. The molecule has 29 heavy (non-hydrogen) atoms. The summed E-state index contributed by atoms with van der Waals surface area (Å²) in [5.74, 6) is 0.394. The average molecular weight is 389 g/mol. The first kappa shape index (κ1) is 18.6. The van der Waals surface area contributed by atoms with Crippen LogP contribution in [0.3, 0.4) is 0 Å². The summed E-state index contributed by atoms with van der Waals surface area (Å²) in [5, 5.41) is 10.5. The molecule has 146 valence electrons. The second kappa shape index (κ2) is 8.10. The van der Waals surface area contributed by atoms with Crippen molar-refractivity contribution in [2.75, 3.05) is 7.11 Å². The summed E-state index contributed by atoms with van der Waals surface area (Å²) in [4.78, 5) is 24.5. The van der Waals surface area contributed by atoms with E-state index in [0.717, 1.165) is 22.1 Å². The van der Waals surface area contributed by atoms with Crippen LogP contribution in [-0.4, -0.2) is 28.1 Å². The molecule has 0 saturated carbocycles. The fraction of sp³-hybridized carbons (Fsp3) is 0.182. The van der Waals surface area contributed by atoms with Gasteiger partial charge in [-0.05, 0) is 46.7 Å². The van der Waals surface area contributed by atoms with E-state index >= 15 is 0 Å². The van der Waals surface area contributed by atoms with Gasteiger partial charge in [0.2, 0.25) is 0 Å². The molecule has 0 aliphatic heterocycles. The maximum Gasteiger partial charge on any atom is 0.308 e. The lowest BCUT2D eigenvalue weighted by Gasteiger charge is -2.08. The summed E-state index contributed by atoms with van der Waals surface area (Å²) < 4.78 is 11.8. The van der Waals surface area contributed by atoms with Gasteiger partial charge in [-0.1, -0.05) is 35.5 Å². The van der Waals surface area contributed by atoms with E-state index < -0.39 is 5.97 Å². The first-order valence-electron chi connectivity index (χ1n) is 9.19. The quantitative estimate of drug-likeness (QED) is 0.471. The number of aryl methyl sites for hydroxylation is 1. The van der Waals surface area contributed by atoms with Gasteiger partial charge in [0.05, 0.1) is 25.5 Å². The predicted octanol–water partition coefficient (Wildman–Crippen LogP) is 3.09. The van der Waals surface area contributed by atoms with Crippen LogP contribution < -0.4 is 10.3 Å². The zero-order valence-electron chi connectivity index (χ0n) is 15.9. The van der Waals surface area contributed by atoms with E-state index in [1.165, 1.54) is 4.68 Å². The van der Waals surface area contributed by atoms with Gasteiger partial charge in [-0.2, -0.15) is 0 Å². The van der Waals surface area contributed by atoms with E-state index in [-0.39, 0.29) is 25.1 Å². The smallest absolute Gasteiger partial charge is 0.308 e. The number of carbonyl (C=O) groups excluding carboxylic acids is 1. The van der Waals surface area contributed by atoms with Gasteiger partial charge in [0.1, 0.15) is 17.9 Å². The third-order valence-electron chi connectivity index (χ3n) is 4.67. The van der Waals surface area contributed by atoms with Crippen LogP contribution in [0, 0.1) is 0 Å². The maximum absolute atomic E-state index is 12.4. The number of rotatable bonds is 6. The Morgan fingerprint density at radius 1 is 1.03 bits per heavy atom. The number of carbonyl (C=O) groups is 1. The lowest BCUT2D eigenvalue weighted by Crippen LogP contribution is -2.25. The number of fused-ring (bicyclic) bond motifs is 2. The van der Waals surface area contributed by atoms with E-state index in [1.54, 1.807) is 31.4 Å². The molecular weight excluding hydrogens is 370 g/mol. The Kier molecular flexibility index (Phi) is 5.20. The molecule has 4 rings (SSSR count). The van der Waals surface area contributed by atoms with Crippen molar-refractivity contribution in [2.24, 2.45) is 0 Å². The molecule has 1 heterocycles. The van der Waals surface area contributed by atoms with Gasteiger partial charge in [-0.3, -0.25) is 9.59 Å². The van der Waals surface area contributed by atoms with Crippen LogP contribution in [0.2, 0.25) is 0 Å². The molecular formula is C22H19N3O4. The van der Waals surface area contributed by atoms with Crippen LogP contribution in [0.4, 0.5) is 0 Å². The molecule has 0 radical (unpaired) electrons. The summed E-state index contributed by atoms with van der Waals surface area (Å²) in [5.41, 5.74) is 1.15. The van der Waals surface area contributed by atoms with Crippen molar-refractivity contribution in [3.63, 3.8) is 0 Å². The average Bonchev–Trinajstić information content (AvgIpc) is 2.77. The van der Waals surface area contributed by atoms with Crippen LogP contribution in [0.25, 0.3) is 21.7 Å². The summed E-state index contributed by atoms with van der Waals surface area (Å²) in [7, 11) is 1.63. The topological polar surface area (TPSA) is 83.3 Å². The van der Waals surface area contributed by atoms with E-state index in [9.17, 15) is 9.59 Å². The Morgan fingerprint density at radius 3 is 2.69 bits per heavy atom. The summed E-state index contributed by atoms with van der Waals surface area (Å²) in [6.45, 7) is 0.284. The second-order valence-corrected chi connectivity index (χ2v) is 6.59. The van der Waals surface area contributed by atoms with Crippen molar-refractivity contribution in [1.29, 1.82) is 0 Å². The Labute approximate surface area is 166 Å². The van der Waals surface area contributed by atoms with Gasteiger partial charge in [0.15, 0.2) is 0 Å². The minimum atomic E-state index is -0.401. The molecule has 0 aliphatic rings. The van der Waals surface area contributed by atoms with Gasteiger partial charge in [0, 0.05) is 0 Å². The fourth-order valence-corrected chi connectivity index (χ4v) is 3.09. The van der Waals surface area contributed by atoms with E-state index in [2.05, 4.69) is 10.3 Å². The number of esters is 1. The zero-order valence-corrected chi connectivity index (χ0v) is 15.9. The minimum absolute atomic E-state index is 0.0394. The number of nitrogens with zero attached hydrogens (tertiary/aromatic N) is 3. The van der Waals surface area contributed by atoms with Crippen molar-refractivity contribution in [1.82, 2.24) is 15.0 Å². The van der Waals surface area contributed by atoms with Crippen LogP contribution in [0.1, 0.15) is 12.0 Å². The van der Waals surface area contributed by atoms with Crippen LogP contribution in [0.5, 0.6) is 5.75 Å². The molecule has 7 nitrogen and oxygen atoms in total. The molecule has 0 spiro atoms. The highest BCUT2D eigenvalue weighted by Crippen LogP contribution is 2.22. The van der Waals surface area contributed by atoms with Crippen molar-refractivity contribution in [2.45, 2.75) is 19.6 Å². The SMILES string of the molecule is COc1ccc2cc(COC(=O)CCn3nnc4ccccc4c3=O)ccc2c1. The second-order valence-electron chi connectivity index (χ2n) is 6.59. The first-order chi connectivity index (χ1) is 14.1. The molecule has 0 fully saturated rings. The van der Waals surface area contributed by atoms with E-state index in [0.29, 0.717) is 10.9 Å². The van der Waals surface area contributed by atoms with E-state index in [4.69, 9.17) is 9.47 Å². The third kappa shape index (κ3) is 4.08. The molecule has 0 atom stereocenters. The number of hydrogen-bond acceptors (Lipinski definition) is 6. The Morgan fingerprint density at radius 2 is 1.83 bits per heavy atom. The molecule has 0 bridgehead atoms. The Hall–Kier alpha value is -3.74. The number of aromatic nitrogens is 3. The Bertz CT molecular complexity index is 1250. The summed E-state index contributed by atoms with van der Waals surface area (Å²) in [6, 6.07) is 18.6. The van der Waals surface area contributed by atoms with Crippen LogP contribution >= 0.6 is 0 Å². The molecule has 1 aromatic heterocycles. The fourth-order valence-electron chi connectivity index (χ4n) is 3.09. The molecule has 0 N–H and O–H groups in total. The minimum Gasteiger partial charge on any atom is -0.497 e. The van der Waals surface area contributed by atoms with Gasteiger partial charge >= 0.3 is 5.97 Å². The maximum atomic E-state index is 12.4. The predicted molar refractivity (Wildman–Crippen MR) is 109 cm³/mol. The zero-order chi connectivity index (χ0) is 20.2.